The second kappa shape index (κ2) is 11.7. The molecule has 0 fully saturated rings. The number of allylic oxidation sites excluding steroid dienone is 3. The van der Waals surface area contributed by atoms with Crippen LogP contribution in [-0.4, -0.2) is 37.3 Å². The highest BCUT2D eigenvalue weighted by molar-refractivity contribution is 5.79. The molecular formula is C19H26N2O5. The van der Waals surface area contributed by atoms with Crippen LogP contribution in [0.1, 0.15) is 33.6 Å². The van der Waals surface area contributed by atoms with Gasteiger partial charge >= 0.3 is 12.1 Å². The van der Waals surface area contributed by atoms with Crippen molar-refractivity contribution < 1.29 is 23.8 Å². The Morgan fingerprint density at radius 3 is 2.69 bits per heavy atom. The van der Waals surface area contributed by atoms with E-state index in [1.807, 2.05) is 13.0 Å². The summed E-state index contributed by atoms with van der Waals surface area (Å²) in [4.78, 5) is 27.2. The summed E-state index contributed by atoms with van der Waals surface area (Å²) in [5.41, 5.74) is 2.43. The van der Waals surface area contributed by atoms with Crippen molar-refractivity contribution in [2.75, 3.05) is 20.3 Å². The lowest BCUT2D eigenvalue weighted by molar-refractivity contribution is -0.141. The van der Waals surface area contributed by atoms with Gasteiger partial charge in [0.05, 0.1) is 7.11 Å². The second-order valence-electron chi connectivity index (χ2n) is 5.81. The number of aromatic nitrogens is 1. The van der Waals surface area contributed by atoms with Crippen molar-refractivity contribution >= 4 is 12.1 Å². The molecule has 26 heavy (non-hydrogen) atoms. The van der Waals surface area contributed by atoms with E-state index in [1.54, 1.807) is 12.1 Å². The predicted octanol–water partition coefficient (Wildman–Crippen LogP) is 3.41. The van der Waals surface area contributed by atoms with E-state index in [9.17, 15) is 9.59 Å². The smallest absolute Gasteiger partial charge is 0.414 e. The van der Waals surface area contributed by atoms with Gasteiger partial charge in [-0.2, -0.15) is 0 Å². The first kappa shape index (κ1) is 21.2. The van der Waals surface area contributed by atoms with Crippen LogP contribution in [0.5, 0.6) is 11.6 Å². The lowest BCUT2D eigenvalue weighted by Crippen LogP contribution is -2.33. The fourth-order valence-corrected chi connectivity index (χ4v) is 1.89. The minimum Gasteiger partial charge on any atom is -0.491 e. The van der Waals surface area contributed by atoms with Gasteiger partial charge in [-0.15, -0.1) is 0 Å². The number of carbonyl (C=O) groups excluding carboxylic acids is 2. The molecule has 0 aromatic carbocycles. The summed E-state index contributed by atoms with van der Waals surface area (Å²) in [7, 11) is 1.44. The predicted molar refractivity (Wildman–Crippen MR) is 98.2 cm³/mol. The van der Waals surface area contributed by atoms with Crippen molar-refractivity contribution in [1.29, 1.82) is 0 Å². The standard InChI is InChI=1S/C19H26N2O5/c1-14(2)7-5-8-15(3)10-12-25-17(22)13-21-19(23)26-18-16(24-4)9-6-11-20-18/h6-7,9-11H,5,8,12-13H2,1-4H3,(H,21,23)/b15-10+. The van der Waals surface area contributed by atoms with Crippen molar-refractivity contribution in [2.45, 2.75) is 33.6 Å². The molecule has 1 amide bonds. The fraction of sp³-hybridized carbons (Fsp3) is 0.421. The SMILES string of the molecule is COc1cccnc1OC(=O)NCC(=O)OC/C=C(\C)CCC=C(C)C. The molecule has 1 rings (SSSR count). The van der Waals surface area contributed by atoms with E-state index in [1.165, 1.54) is 18.9 Å². The van der Waals surface area contributed by atoms with Crippen LogP contribution >= 0.6 is 0 Å². The topological polar surface area (TPSA) is 86.8 Å². The van der Waals surface area contributed by atoms with Gasteiger partial charge in [-0.05, 0) is 51.8 Å². The molecule has 142 valence electrons. The molecule has 0 aliphatic heterocycles. The van der Waals surface area contributed by atoms with Gasteiger partial charge in [0.1, 0.15) is 13.2 Å². The Labute approximate surface area is 154 Å². The molecule has 1 N–H and O–H groups in total. The maximum absolute atomic E-state index is 11.7. The number of nitrogens with zero attached hydrogens (tertiary/aromatic N) is 1. The Morgan fingerprint density at radius 1 is 1.23 bits per heavy atom. The van der Waals surface area contributed by atoms with E-state index in [2.05, 4.69) is 30.2 Å². The van der Waals surface area contributed by atoms with Crippen molar-refractivity contribution in [2.24, 2.45) is 0 Å². The summed E-state index contributed by atoms with van der Waals surface area (Å²) < 4.78 is 15.0. The van der Waals surface area contributed by atoms with E-state index in [-0.39, 0.29) is 19.0 Å². The fourth-order valence-electron chi connectivity index (χ4n) is 1.89. The Morgan fingerprint density at radius 2 is 2.00 bits per heavy atom. The van der Waals surface area contributed by atoms with Crippen LogP contribution in [0.25, 0.3) is 0 Å². The molecule has 0 bridgehead atoms. The highest BCUT2D eigenvalue weighted by Crippen LogP contribution is 2.22. The van der Waals surface area contributed by atoms with Gasteiger partial charge in [-0.25, -0.2) is 9.78 Å². The number of methoxy groups -OCH3 is 1. The Balaban J connectivity index is 2.29. The quantitative estimate of drug-likeness (QED) is 0.535. The number of hydrogen-bond acceptors (Lipinski definition) is 6. The first-order valence-electron chi connectivity index (χ1n) is 8.31. The van der Waals surface area contributed by atoms with Crippen LogP contribution in [0, 0.1) is 0 Å². The number of pyridine rings is 1. The highest BCUT2D eigenvalue weighted by Gasteiger charge is 2.12. The highest BCUT2D eigenvalue weighted by atomic mass is 16.6. The molecule has 0 aliphatic carbocycles. The third-order valence-corrected chi connectivity index (χ3v) is 3.29. The monoisotopic (exact) mass is 362 g/mol. The average Bonchev–Trinajstić information content (AvgIpc) is 2.60. The lowest BCUT2D eigenvalue weighted by Gasteiger charge is -2.08. The summed E-state index contributed by atoms with van der Waals surface area (Å²) >= 11 is 0. The molecular weight excluding hydrogens is 336 g/mol. The van der Waals surface area contributed by atoms with Crippen LogP contribution in [0.3, 0.4) is 0 Å². The summed E-state index contributed by atoms with van der Waals surface area (Å²) in [6.07, 6.45) is 6.55. The Kier molecular flexibility index (Phi) is 9.53. The third-order valence-electron chi connectivity index (χ3n) is 3.29. The van der Waals surface area contributed by atoms with E-state index in [4.69, 9.17) is 14.2 Å². The van der Waals surface area contributed by atoms with Crippen LogP contribution in [0.15, 0.2) is 41.6 Å². The van der Waals surface area contributed by atoms with Gasteiger partial charge in [0.15, 0.2) is 5.75 Å². The summed E-state index contributed by atoms with van der Waals surface area (Å²) in [5.74, 6) is -0.210. The van der Waals surface area contributed by atoms with E-state index in [0.29, 0.717) is 5.75 Å². The van der Waals surface area contributed by atoms with E-state index < -0.39 is 12.1 Å². The summed E-state index contributed by atoms with van der Waals surface area (Å²) in [5, 5.41) is 2.31. The van der Waals surface area contributed by atoms with Gasteiger partial charge in [0, 0.05) is 6.20 Å². The van der Waals surface area contributed by atoms with Gasteiger partial charge in [0.25, 0.3) is 5.88 Å². The molecule has 1 aromatic rings. The van der Waals surface area contributed by atoms with Crippen LogP contribution in [0.2, 0.25) is 0 Å². The average molecular weight is 362 g/mol. The van der Waals surface area contributed by atoms with E-state index in [0.717, 1.165) is 18.4 Å². The molecule has 0 saturated carbocycles. The minimum atomic E-state index is -0.813. The van der Waals surface area contributed by atoms with Crippen LogP contribution in [-0.2, 0) is 9.53 Å². The van der Waals surface area contributed by atoms with Crippen molar-refractivity contribution in [1.82, 2.24) is 10.3 Å². The van der Waals surface area contributed by atoms with Crippen molar-refractivity contribution in [3.8, 4) is 11.6 Å². The van der Waals surface area contributed by atoms with Crippen molar-refractivity contribution in [3.63, 3.8) is 0 Å². The lowest BCUT2D eigenvalue weighted by atomic mass is 10.1. The van der Waals surface area contributed by atoms with Crippen LogP contribution in [0.4, 0.5) is 4.79 Å². The zero-order chi connectivity index (χ0) is 19.4. The van der Waals surface area contributed by atoms with Crippen LogP contribution < -0.4 is 14.8 Å². The number of hydrogen-bond donors (Lipinski definition) is 1. The number of carbonyl (C=O) groups is 2. The molecule has 1 heterocycles. The van der Waals surface area contributed by atoms with Crippen molar-refractivity contribution in [3.05, 3.63) is 41.6 Å². The summed E-state index contributed by atoms with van der Waals surface area (Å²) in [6, 6.07) is 3.26. The minimum absolute atomic E-state index is 0.0239. The molecule has 1 aromatic heterocycles. The maximum Gasteiger partial charge on any atom is 0.414 e. The number of amides is 1. The molecule has 0 aliphatic rings. The zero-order valence-electron chi connectivity index (χ0n) is 15.7. The Hall–Kier alpha value is -2.83. The number of rotatable bonds is 9. The van der Waals surface area contributed by atoms with Gasteiger partial charge < -0.3 is 19.5 Å². The molecule has 0 unspecified atom stereocenters. The number of esters is 1. The Bertz CT molecular complexity index is 664. The largest absolute Gasteiger partial charge is 0.491 e. The van der Waals surface area contributed by atoms with E-state index >= 15 is 0 Å². The first-order valence-corrected chi connectivity index (χ1v) is 8.31. The van der Waals surface area contributed by atoms with Gasteiger partial charge in [-0.3, -0.25) is 4.79 Å². The van der Waals surface area contributed by atoms with Gasteiger partial charge in [-0.1, -0.05) is 17.2 Å². The molecule has 7 nitrogen and oxygen atoms in total. The molecule has 0 radical (unpaired) electrons. The molecule has 7 heteroatoms. The molecule has 0 saturated heterocycles. The number of ether oxygens (including phenoxy) is 3. The molecule has 0 spiro atoms. The molecule has 0 atom stereocenters. The maximum atomic E-state index is 11.7. The number of nitrogens with one attached hydrogen (secondary N) is 1. The third kappa shape index (κ3) is 8.86. The van der Waals surface area contributed by atoms with Gasteiger partial charge in [0.2, 0.25) is 0 Å². The summed E-state index contributed by atoms with van der Waals surface area (Å²) in [6.45, 7) is 5.98. The second-order valence-corrected chi connectivity index (χ2v) is 5.81. The normalized spacial score (nSPS) is 10.7. The zero-order valence-corrected chi connectivity index (χ0v) is 15.7. The first-order chi connectivity index (χ1) is 12.4.